The van der Waals surface area contributed by atoms with Crippen LogP contribution in [0, 0.1) is 5.41 Å². The van der Waals surface area contributed by atoms with Gasteiger partial charge in [-0.2, -0.15) is 0 Å². The molecule has 0 spiro atoms. The van der Waals surface area contributed by atoms with Crippen LogP contribution in [-0.2, 0) is 9.53 Å². The first-order valence-corrected chi connectivity index (χ1v) is 6.21. The number of esters is 1. The van der Waals surface area contributed by atoms with E-state index in [-0.39, 0.29) is 12.6 Å². The third-order valence-electron chi connectivity index (χ3n) is 3.10. The van der Waals surface area contributed by atoms with E-state index in [1.165, 1.54) is 0 Å². The molecule has 0 aliphatic heterocycles. The Morgan fingerprint density at radius 3 is 2.88 bits per heavy atom. The lowest BCUT2D eigenvalue weighted by Crippen LogP contribution is -2.36. The van der Waals surface area contributed by atoms with Gasteiger partial charge in [0, 0.05) is 0 Å². The number of hydrogen-bond donors (Lipinski definition) is 1. The van der Waals surface area contributed by atoms with Crippen molar-refractivity contribution in [3.8, 4) is 0 Å². The molecule has 0 saturated carbocycles. The van der Waals surface area contributed by atoms with E-state index >= 15 is 0 Å². The molecule has 1 aliphatic carbocycles. The lowest BCUT2D eigenvalue weighted by molar-refractivity contribution is -0.156. The summed E-state index contributed by atoms with van der Waals surface area (Å²) in [6.07, 6.45) is 9.52. The van der Waals surface area contributed by atoms with E-state index in [4.69, 9.17) is 4.74 Å². The summed E-state index contributed by atoms with van der Waals surface area (Å²) in [5, 5.41) is 9.36. The number of rotatable bonds is 6. The topological polar surface area (TPSA) is 46.5 Å². The molecule has 3 nitrogen and oxygen atoms in total. The van der Waals surface area contributed by atoms with Gasteiger partial charge in [-0.05, 0) is 25.7 Å². The maximum atomic E-state index is 11.9. The van der Waals surface area contributed by atoms with Gasteiger partial charge < -0.3 is 9.84 Å². The van der Waals surface area contributed by atoms with E-state index in [1.807, 2.05) is 12.2 Å². The molecule has 0 amide bonds. The van der Waals surface area contributed by atoms with Crippen LogP contribution < -0.4 is 0 Å². The fourth-order valence-electron chi connectivity index (χ4n) is 1.95. The Hall–Kier alpha value is -0.830. The summed E-state index contributed by atoms with van der Waals surface area (Å²) in [7, 11) is 0. The molecule has 0 aromatic rings. The predicted molar refractivity (Wildman–Crippen MR) is 63.0 cm³/mol. The number of aliphatic hydroxyl groups excluding tert-OH is 1. The predicted octanol–water partition coefficient (Wildman–Crippen LogP) is 2.44. The summed E-state index contributed by atoms with van der Waals surface area (Å²) in [6, 6.07) is 0. The Balaban J connectivity index is 2.43. The SMILES string of the molecule is CCCCCOC(=O)[C@@]1(CO)C=CCCC1. The van der Waals surface area contributed by atoms with Gasteiger partial charge in [-0.3, -0.25) is 4.79 Å². The summed E-state index contributed by atoms with van der Waals surface area (Å²) in [4.78, 5) is 11.9. The van der Waals surface area contributed by atoms with Crippen LogP contribution in [0.1, 0.15) is 45.4 Å². The molecule has 1 aliphatic rings. The number of allylic oxidation sites excluding steroid dienone is 1. The smallest absolute Gasteiger partial charge is 0.318 e. The Kier molecular flexibility index (Phi) is 5.53. The Morgan fingerprint density at radius 1 is 1.50 bits per heavy atom. The Morgan fingerprint density at radius 2 is 2.31 bits per heavy atom. The zero-order valence-corrected chi connectivity index (χ0v) is 10.1. The molecule has 1 N–H and O–H groups in total. The molecule has 0 unspecified atom stereocenters. The van der Waals surface area contributed by atoms with E-state index in [1.54, 1.807) is 0 Å². The average Bonchev–Trinajstić information content (AvgIpc) is 2.35. The minimum Gasteiger partial charge on any atom is -0.465 e. The van der Waals surface area contributed by atoms with Crippen LogP contribution in [0.3, 0.4) is 0 Å². The van der Waals surface area contributed by atoms with Crippen LogP contribution in [0.5, 0.6) is 0 Å². The number of hydrogen-bond acceptors (Lipinski definition) is 3. The van der Waals surface area contributed by atoms with Crippen LogP contribution in [0.15, 0.2) is 12.2 Å². The summed E-state index contributed by atoms with van der Waals surface area (Å²) in [5.74, 6) is -0.262. The summed E-state index contributed by atoms with van der Waals surface area (Å²) < 4.78 is 5.23. The maximum Gasteiger partial charge on any atom is 0.318 e. The van der Waals surface area contributed by atoms with Crippen molar-refractivity contribution in [3.63, 3.8) is 0 Å². The van der Waals surface area contributed by atoms with Gasteiger partial charge in [0.05, 0.1) is 13.2 Å². The molecule has 0 radical (unpaired) electrons. The van der Waals surface area contributed by atoms with E-state index in [2.05, 4.69) is 6.92 Å². The third kappa shape index (κ3) is 3.34. The second kappa shape index (κ2) is 6.69. The fourth-order valence-corrected chi connectivity index (χ4v) is 1.95. The second-order valence-electron chi connectivity index (χ2n) is 4.45. The molecule has 0 bridgehead atoms. The van der Waals surface area contributed by atoms with Gasteiger partial charge in [0.2, 0.25) is 0 Å². The first-order valence-electron chi connectivity index (χ1n) is 6.21. The van der Waals surface area contributed by atoms with E-state index in [0.717, 1.165) is 32.1 Å². The second-order valence-corrected chi connectivity index (χ2v) is 4.45. The highest BCUT2D eigenvalue weighted by molar-refractivity contribution is 5.79. The van der Waals surface area contributed by atoms with E-state index < -0.39 is 5.41 Å². The number of carbonyl (C=O) groups is 1. The van der Waals surface area contributed by atoms with Crippen LogP contribution >= 0.6 is 0 Å². The molecule has 0 heterocycles. The highest BCUT2D eigenvalue weighted by Gasteiger charge is 2.37. The van der Waals surface area contributed by atoms with E-state index in [9.17, 15) is 9.90 Å². The first kappa shape index (κ1) is 13.2. The largest absolute Gasteiger partial charge is 0.465 e. The van der Waals surface area contributed by atoms with Crippen molar-refractivity contribution >= 4 is 5.97 Å². The summed E-state index contributed by atoms with van der Waals surface area (Å²) >= 11 is 0. The molecule has 92 valence electrons. The molecular formula is C13H22O3. The van der Waals surface area contributed by atoms with Crippen molar-refractivity contribution in [3.05, 3.63) is 12.2 Å². The standard InChI is InChI=1S/C13H22O3/c1-2-3-7-10-16-12(15)13(11-14)8-5-4-6-9-13/h5,8,14H,2-4,6-7,9-11H2,1H3/t13-/m0/s1. The van der Waals surface area contributed by atoms with Crippen LogP contribution in [-0.4, -0.2) is 24.3 Å². The van der Waals surface area contributed by atoms with Gasteiger partial charge in [-0.15, -0.1) is 0 Å². The number of aliphatic hydroxyl groups is 1. The zero-order valence-electron chi connectivity index (χ0n) is 10.1. The Labute approximate surface area is 97.5 Å². The minimum atomic E-state index is -0.759. The summed E-state index contributed by atoms with van der Waals surface area (Å²) in [6.45, 7) is 2.44. The lowest BCUT2D eigenvalue weighted by atomic mass is 9.80. The third-order valence-corrected chi connectivity index (χ3v) is 3.10. The maximum absolute atomic E-state index is 11.9. The van der Waals surface area contributed by atoms with Gasteiger partial charge >= 0.3 is 5.97 Å². The minimum absolute atomic E-state index is 0.143. The molecule has 3 heteroatoms. The van der Waals surface area contributed by atoms with Crippen LogP contribution in [0.25, 0.3) is 0 Å². The fraction of sp³-hybridized carbons (Fsp3) is 0.769. The first-order chi connectivity index (χ1) is 7.75. The number of unbranched alkanes of at least 4 members (excludes halogenated alkanes) is 2. The molecule has 1 rings (SSSR count). The average molecular weight is 226 g/mol. The zero-order chi connectivity index (χ0) is 11.9. The summed E-state index contributed by atoms with van der Waals surface area (Å²) in [5.41, 5.74) is -0.759. The number of ether oxygens (including phenoxy) is 1. The van der Waals surface area contributed by atoms with Crippen molar-refractivity contribution in [1.82, 2.24) is 0 Å². The lowest BCUT2D eigenvalue weighted by Gasteiger charge is -2.28. The molecule has 1 atom stereocenters. The number of carbonyl (C=O) groups excluding carboxylic acids is 1. The van der Waals surface area contributed by atoms with E-state index in [0.29, 0.717) is 13.0 Å². The Bertz CT molecular complexity index is 248. The van der Waals surface area contributed by atoms with Crippen LogP contribution in [0.4, 0.5) is 0 Å². The molecule has 0 saturated heterocycles. The highest BCUT2D eigenvalue weighted by atomic mass is 16.5. The van der Waals surface area contributed by atoms with Gasteiger partial charge in [-0.25, -0.2) is 0 Å². The van der Waals surface area contributed by atoms with Gasteiger partial charge in [-0.1, -0.05) is 31.9 Å². The van der Waals surface area contributed by atoms with Crippen molar-refractivity contribution in [1.29, 1.82) is 0 Å². The van der Waals surface area contributed by atoms with Crippen molar-refractivity contribution in [2.75, 3.05) is 13.2 Å². The van der Waals surface area contributed by atoms with Crippen molar-refractivity contribution in [2.24, 2.45) is 5.41 Å². The quantitative estimate of drug-likeness (QED) is 0.430. The van der Waals surface area contributed by atoms with Crippen molar-refractivity contribution in [2.45, 2.75) is 45.4 Å². The van der Waals surface area contributed by atoms with Gasteiger partial charge in [0.25, 0.3) is 0 Å². The normalized spacial score (nSPS) is 24.4. The van der Waals surface area contributed by atoms with Crippen LogP contribution in [0.2, 0.25) is 0 Å². The molecule has 16 heavy (non-hydrogen) atoms. The molecule has 0 fully saturated rings. The molecular weight excluding hydrogens is 204 g/mol. The van der Waals surface area contributed by atoms with Gasteiger partial charge in [0.15, 0.2) is 0 Å². The molecule has 0 aromatic heterocycles. The van der Waals surface area contributed by atoms with Crippen molar-refractivity contribution < 1.29 is 14.6 Å². The molecule has 0 aromatic carbocycles. The highest BCUT2D eigenvalue weighted by Crippen LogP contribution is 2.31. The van der Waals surface area contributed by atoms with Gasteiger partial charge in [0.1, 0.15) is 5.41 Å². The monoisotopic (exact) mass is 226 g/mol.